The number of fused-ring (bicyclic) bond motifs is 1. The second-order valence-corrected chi connectivity index (χ2v) is 9.69. The molecule has 196 valence electrons. The lowest BCUT2D eigenvalue weighted by molar-refractivity contribution is 0.0170. The van der Waals surface area contributed by atoms with Crippen LogP contribution in [0.2, 0.25) is 0 Å². The largest absolute Gasteiger partial charge is 0.398 e. The van der Waals surface area contributed by atoms with Crippen molar-refractivity contribution >= 4 is 28.2 Å². The van der Waals surface area contributed by atoms with Crippen molar-refractivity contribution in [2.75, 3.05) is 0 Å². The highest BCUT2D eigenvalue weighted by atomic mass is 19.3. The lowest BCUT2D eigenvalue weighted by atomic mass is 9.94. The number of alkyl halides is 2. The molecule has 4 rings (SSSR count). The molecule has 0 bridgehead atoms. The Labute approximate surface area is 223 Å². The zero-order valence-electron chi connectivity index (χ0n) is 22.5. The van der Waals surface area contributed by atoms with Crippen LogP contribution in [0.3, 0.4) is 0 Å². The van der Waals surface area contributed by atoms with E-state index in [0.717, 1.165) is 52.5 Å². The minimum absolute atomic E-state index is 0.0220. The van der Waals surface area contributed by atoms with Gasteiger partial charge in [0.1, 0.15) is 0 Å². The number of rotatable bonds is 8. The van der Waals surface area contributed by atoms with Crippen molar-refractivity contribution in [3.05, 3.63) is 119 Å². The number of aromatic nitrogens is 2. The summed E-state index contributed by atoms with van der Waals surface area (Å²) in [6.07, 6.45) is 11.9. The summed E-state index contributed by atoms with van der Waals surface area (Å²) in [4.78, 5) is 4.87. The smallest absolute Gasteiger partial charge is 0.270 e. The van der Waals surface area contributed by atoms with Crippen LogP contribution in [0.5, 0.6) is 0 Å². The fourth-order valence-electron chi connectivity index (χ4n) is 5.12. The van der Waals surface area contributed by atoms with E-state index in [1.165, 1.54) is 0 Å². The number of nitrogens with one attached hydrogen (secondary N) is 1. The first-order chi connectivity index (χ1) is 18.0. The van der Waals surface area contributed by atoms with E-state index in [0.29, 0.717) is 34.6 Å². The lowest BCUT2D eigenvalue weighted by Gasteiger charge is -2.18. The van der Waals surface area contributed by atoms with Gasteiger partial charge in [0.05, 0.1) is 12.2 Å². The van der Waals surface area contributed by atoms with Gasteiger partial charge in [0.25, 0.3) is 5.92 Å². The van der Waals surface area contributed by atoms with Gasteiger partial charge in [-0.05, 0) is 61.2 Å². The highest BCUT2D eigenvalue weighted by Crippen LogP contribution is 2.41. The monoisotopic (exact) mass is 512 g/mol. The van der Waals surface area contributed by atoms with Crippen LogP contribution in [0.25, 0.3) is 28.2 Å². The zero-order chi connectivity index (χ0) is 27.8. The third-order valence-electron chi connectivity index (χ3n) is 6.89. The molecule has 3 N–H and O–H groups in total. The standard InChI is InChI=1S/C32H34F2N4/c1-8-10-12-23-16-24(28(9-2)37-21(23)5)18-38-29-15-19(3)27(32(7,33)34)17-26(29)30(31(38)20(4)35)25-13-11-14-36-22(25)6/h8,10-17,36H,1,4,6,9,18,35H2,2-3,5,7H3/b12-10-. The van der Waals surface area contributed by atoms with Crippen molar-refractivity contribution in [3.63, 3.8) is 0 Å². The summed E-state index contributed by atoms with van der Waals surface area (Å²) >= 11 is 0. The second-order valence-electron chi connectivity index (χ2n) is 9.69. The minimum atomic E-state index is -3.00. The molecule has 0 radical (unpaired) electrons. The lowest BCUT2D eigenvalue weighted by Crippen LogP contribution is -2.13. The van der Waals surface area contributed by atoms with E-state index < -0.39 is 5.92 Å². The fourth-order valence-corrected chi connectivity index (χ4v) is 5.12. The molecule has 0 aliphatic carbocycles. The van der Waals surface area contributed by atoms with Gasteiger partial charge in [-0.2, -0.15) is 0 Å². The van der Waals surface area contributed by atoms with E-state index in [1.54, 1.807) is 25.3 Å². The number of aryl methyl sites for hydroxylation is 3. The molecule has 1 aliphatic rings. The first-order valence-electron chi connectivity index (χ1n) is 12.6. The van der Waals surface area contributed by atoms with Crippen LogP contribution in [0.15, 0.2) is 74.1 Å². The second kappa shape index (κ2) is 10.3. The summed E-state index contributed by atoms with van der Waals surface area (Å²) in [5.74, 6) is -3.00. The summed E-state index contributed by atoms with van der Waals surface area (Å²) in [6.45, 7) is 19.1. The van der Waals surface area contributed by atoms with Gasteiger partial charge in [-0.1, -0.05) is 51.0 Å². The number of benzene rings is 1. The van der Waals surface area contributed by atoms with Crippen molar-refractivity contribution in [2.24, 2.45) is 5.73 Å². The molecule has 0 unspecified atom stereocenters. The number of hydrogen-bond donors (Lipinski definition) is 2. The number of hydrogen-bond acceptors (Lipinski definition) is 3. The number of halogens is 2. The predicted octanol–water partition coefficient (Wildman–Crippen LogP) is 7.52. The van der Waals surface area contributed by atoms with E-state index in [4.69, 9.17) is 10.7 Å². The SMILES string of the molecule is C=C/C=C\c1cc(Cn2c(C(=C)N)c(C3=CC=CNC3=C)c3cc(C(C)(F)F)c(C)cc32)c(CC)nc1C. The van der Waals surface area contributed by atoms with Gasteiger partial charge in [-0.25, -0.2) is 8.78 Å². The van der Waals surface area contributed by atoms with Crippen LogP contribution in [-0.4, -0.2) is 9.55 Å². The van der Waals surface area contributed by atoms with Crippen LogP contribution in [0.1, 0.15) is 58.7 Å². The number of nitrogens with two attached hydrogens (primary N) is 1. The van der Waals surface area contributed by atoms with E-state index in [9.17, 15) is 8.78 Å². The Morgan fingerprint density at radius 1 is 1.24 bits per heavy atom. The summed E-state index contributed by atoms with van der Waals surface area (Å²) in [5.41, 5.74) is 14.8. The van der Waals surface area contributed by atoms with Crippen molar-refractivity contribution in [2.45, 2.75) is 46.6 Å². The van der Waals surface area contributed by atoms with Gasteiger partial charge in [0.2, 0.25) is 0 Å². The molecule has 0 atom stereocenters. The molecule has 0 saturated carbocycles. The fraction of sp³-hybridized carbons (Fsp3) is 0.219. The molecule has 0 fully saturated rings. The number of dihydropyridines is 1. The third kappa shape index (κ3) is 4.86. The Bertz CT molecular complexity index is 1560. The normalized spacial score (nSPS) is 13.7. The van der Waals surface area contributed by atoms with E-state index in [-0.39, 0.29) is 5.56 Å². The van der Waals surface area contributed by atoms with Crippen molar-refractivity contribution in [3.8, 4) is 0 Å². The summed E-state index contributed by atoms with van der Waals surface area (Å²) in [5, 5.41) is 3.80. The Morgan fingerprint density at radius 2 is 1.97 bits per heavy atom. The molecule has 2 aromatic heterocycles. The topological polar surface area (TPSA) is 55.9 Å². The molecule has 0 spiro atoms. The van der Waals surface area contributed by atoms with Crippen LogP contribution >= 0.6 is 0 Å². The van der Waals surface area contributed by atoms with Gasteiger partial charge >= 0.3 is 0 Å². The molecular formula is C32H34F2N4. The number of nitrogens with zero attached hydrogens (tertiary/aromatic N) is 2. The average Bonchev–Trinajstić information content (AvgIpc) is 3.16. The molecule has 1 aromatic carbocycles. The Kier molecular flexibility index (Phi) is 7.27. The maximum Gasteiger partial charge on any atom is 0.270 e. The highest BCUT2D eigenvalue weighted by molar-refractivity contribution is 6.03. The van der Waals surface area contributed by atoms with Crippen molar-refractivity contribution in [1.82, 2.24) is 14.9 Å². The van der Waals surface area contributed by atoms with Gasteiger partial charge in [-0.15, -0.1) is 0 Å². The summed E-state index contributed by atoms with van der Waals surface area (Å²) < 4.78 is 31.4. The van der Waals surface area contributed by atoms with Gasteiger partial charge in [0.15, 0.2) is 0 Å². The van der Waals surface area contributed by atoms with E-state index in [1.807, 2.05) is 37.3 Å². The molecule has 6 heteroatoms. The van der Waals surface area contributed by atoms with Crippen LogP contribution in [-0.2, 0) is 18.9 Å². The maximum atomic E-state index is 14.7. The van der Waals surface area contributed by atoms with Crippen molar-refractivity contribution < 1.29 is 8.78 Å². The minimum Gasteiger partial charge on any atom is -0.398 e. The number of pyridine rings is 1. The number of allylic oxidation sites excluding steroid dienone is 5. The zero-order valence-corrected chi connectivity index (χ0v) is 22.5. The van der Waals surface area contributed by atoms with E-state index in [2.05, 4.69) is 42.6 Å². The highest BCUT2D eigenvalue weighted by Gasteiger charge is 2.30. The quantitative estimate of drug-likeness (QED) is 0.307. The first-order valence-corrected chi connectivity index (χ1v) is 12.6. The van der Waals surface area contributed by atoms with Gasteiger partial charge in [0, 0.05) is 63.5 Å². The third-order valence-corrected chi connectivity index (χ3v) is 6.89. The van der Waals surface area contributed by atoms with Crippen LogP contribution in [0.4, 0.5) is 8.78 Å². The molecule has 3 heterocycles. The molecule has 3 aromatic rings. The molecule has 1 aliphatic heterocycles. The van der Waals surface area contributed by atoms with Crippen LogP contribution in [0, 0.1) is 13.8 Å². The average molecular weight is 513 g/mol. The van der Waals surface area contributed by atoms with Gasteiger partial charge in [-0.3, -0.25) is 4.98 Å². The Balaban J connectivity index is 2.08. The molecule has 0 saturated heterocycles. The van der Waals surface area contributed by atoms with E-state index >= 15 is 0 Å². The maximum absolute atomic E-state index is 14.7. The van der Waals surface area contributed by atoms with Crippen molar-refractivity contribution in [1.29, 1.82) is 0 Å². The molecular weight excluding hydrogens is 478 g/mol. The molecule has 4 nitrogen and oxygen atoms in total. The first kappa shape index (κ1) is 26.9. The Hall–Kier alpha value is -4.19. The molecule has 38 heavy (non-hydrogen) atoms. The molecule has 0 amide bonds. The summed E-state index contributed by atoms with van der Waals surface area (Å²) in [6, 6.07) is 5.53. The van der Waals surface area contributed by atoms with Gasteiger partial charge < -0.3 is 15.6 Å². The predicted molar refractivity (Wildman–Crippen MR) is 156 cm³/mol. The Morgan fingerprint density at radius 3 is 2.58 bits per heavy atom. The van der Waals surface area contributed by atoms with Crippen LogP contribution < -0.4 is 11.1 Å². The summed E-state index contributed by atoms with van der Waals surface area (Å²) in [7, 11) is 0.